The van der Waals surface area contributed by atoms with Gasteiger partial charge in [0.15, 0.2) is 6.10 Å². The predicted molar refractivity (Wildman–Crippen MR) is 130 cm³/mol. The lowest BCUT2D eigenvalue weighted by molar-refractivity contribution is -0.308. The average Bonchev–Trinajstić information content (AvgIpc) is 3.46. The van der Waals surface area contributed by atoms with E-state index < -0.39 is 24.0 Å². The molecule has 1 aliphatic carbocycles. The van der Waals surface area contributed by atoms with Gasteiger partial charge in [-0.25, -0.2) is 4.79 Å². The predicted octanol–water partition coefficient (Wildman–Crippen LogP) is 2.02. The summed E-state index contributed by atoms with van der Waals surface area (Å²) in [4.78, 5) is 40.2. The van der Waals surface area contributed by atoms with Crippen LogP contribution in [-0.2, 0) is 28.9 Å². The molecule has 0 unspecified atom stereocenters. The van der Waals surface area contributed by atoms with Crippen LogP contribution in [0.5, 0.6) is 11.5 Å². The molecule has 3 N–H and O–H groups in total. The van der Waals surface area contributed by atoms with Gasteiger partial charge in [-0.3, -0.25) is 4.79 Å². The Morgan fingerprint density at radius 2 is 2.00 bits per heavy atom. The minimum absolute atomic E-state index is 0.0453. The molecule has 0 fully saturated rings. The molecule has 0 saturated carbocycles. The van der Waals surface area contributed by atoms with E-state index in [9.17, 15) is 24.6 Å². The van der Waals surface area contributed by atoms with Crippen molar-refractivity contribution in [3.05, 3.63) is 69.2 Å². The van der Waals surface area contributed by atoms with Gasteiger partial charge in [-0.2, -0.15) is 0 Å². The molecule has 9 heteroatoms. The SMILES string of the molecule is Cc1cc(O[C@H](C)C(=O)N[C@@H](Cc2c[nH]c3ccc(O)cc23)C(=O)[O-])c2c3c(c(=O)oc2c1)CCC3. The lowest BCUT2D eigenvalue weighted by Gasteiger charge is -2.23. The second-order valence-electron chi connectivity index (χ2n) is 9.22. The highest BCUT2D eigenvalue weighted by atomic mass is 16.5. The quantitative estimate of drug-likeness (QED) is 0.337. The molecule has 4 aromatic rings. The number of hydrogen-bond acceptors (Lipinski definition) is 7. The van der Waals surface area contributed by atoms with Gasteiger partial charge in [-0.05, 0) is 80.1 Å². The monoisotopic (exact) mass is 489 g/mol. The van der Waals surface area contributed by atoms with E-state index in [0.29, 0.717) is 46.1 Å². The van der Waals surface area contributed by atoms with Crippen molar-refractivity contribution < 1.29 is 29.0 Å². The lowest BCUT2D eigenvalue weighted by atomic mass is 10.0. The summed E-state index contributed by atoms with van der Waals surface area (Å²) >= 11 is 0. The number of aromatic hydroxyl groups is 1. The molecule has 0 saturated heterocycles. The number of carboxylic acid groups (broad SMARTS) is 1. The molecule has 5 rings (SSSR count). The first kappa shape index (κ1) is 23.5. The number of carboxylic acids is 1. The number of fused-ring (bicyclic) bond motifs is 4. The summed E-state index contributed by atoms with van der Waals surface area (Å²) in [5.74, 6) is -1.61. The fourth-order valence-corrected chi connectivity index (χ4v) is 4.88. The molecular weight excluding hydrogens is 464 g/mol. The number of carbonyl (C=O) groups excluding carboxylic acids is 2. The van der Waals surface area contributed by atoms with E-state index in [-0.39, 0.29) is 17.8 Å². The topological polar surface area (TPSA) is 145 Å². The third-order valence-corrected chi connectivity index (χ3v) is 6.63. The number of aromatic nitrogens is 1. The summed E-state index contributed by atoms with van der Waals surface area (Å²) in [7, 11) is 0. The van der Waals surface area contributed by atoms with Gasteiger partial charge in [0, 0.05) is 29.1 Å². The van der Waals surface area contributed by atoms with Crippen molar-refractivity contribution in [1.29, 1.82) is 0 Å². The minimum Gasteiger partial charge on any atom is -0.548 e. The van der Waals surface area contributed by atoms with Crippen LogP contribution in [0.4, 0.5) is 0 Å². The summed E-state index contributed by atoms with van der Waals surface area (Å²) < 4.78 is 11.5. The maximum Gasteiger partial charge on any atom is 0.339 e. The zero-order valence-electron chi connectivity index (χ0n) is 19.8. The molecule has 2 aromatic heterocycles. The third kappa shape index (κ3) is 4.28. The molecule has 186 valence electrons. The zero-order valence-corrected chi connectivity index (χ0v) is 19.8. The molecular formula is C27H25N2O7-. The molecule has 2 aromatic carbocycles. The lowest BCUT2D eigenvalue weighted by Crippen LogP contribution is -2.52. The van der Waals surface area contributed by atoms with Crippen molar-refractivity contribution in [2.45, 2.75) is 51.7 Å². The number of nitrogens with one attached hydrogen (secondary N) is 2. The smallest absolute Gasteiger partial charge is 0.339 e. The van der Waals surface area contributed by atoms with E-state index in [1.807, 2.05) is 6.92 Å². The Balaban J connectivity index is 1.38. The number of H-pyrrole nitrogens is 1. The van der Waals surface area contributed by atoms with Crippen LogP contribution in [0.25, 0.3) is 21.9 Å². The van der Waals surface area contributed by atoms with E-state index in [4.69, 9.17) is 9.15 Å². The van der Waals surface area contributed by atoms with Crippen LogP contribution < -0.4 is 20.8 Å². The van der Waals surface area contributed by atoms with Crippen LogP contribution in [0.3, 0.4) is 0 Å². The number of rotatable bonds is 7. The number of ether oxygens (including phenoxy) is 1. The highest BCUT2D eigenvalue weighted by Crippen LogP contribution is 2.35. The van der Waals surface area contributed by atoms with Gasteiger partial charge < -0.3 is 34.5 Å². The zero-order chi connectivity index (χ0) is 25.6. The van der Waals surface area contributed by atoms with Crippen molar-refractivity contribution in [1.82, 2.24) is 10.3 Å². The molecule has 36 heavy (non-hydrogen) atoms. The Hall–Kier alpha value is -4.27. The van der Waals surface area contributed by atoms with Crippen LogP contribution >= 0.6 is 0 Å². The normalized spacial score (nSPS) is 14.5. The van der Waals surface area contributed by atoms with Gasteiger partial charge in [0.2, 0.25) is 0 Å². The van der Waals surface area contributed by atoms with Crippen LogP contribution in [0.1, 0.15) is 35.6 Å². The standard InChI is InChI=1S/C27H26N2O7/c1-13-8-22(24-17-4-3-5-18(17)27(34)36-23(24)9-13)35-14(2)25(31)29-21(26(32)33)10-15-12-28-20-7-6-16(30)11-19(15)20/h6-9,11-12,14,21,28,30H,3-5,10H2,1-2H3,(H,29,31)(H,32,33)/p-1/t14-,21+/m1/s1. The highest BCUT2D eigenvalue weighted by molar-refractivity contribution is 5.91. The van der Waals surface area contributed by atoms with Crippen LogP contribution in [0, 0.1) is 6.92 Å². The number of benzene rings is 2. The molecule has 0 spiro atoms. The summed E-state index contributed by atoms with van der Waals surface area (Å²) in [6, 6.07) is 6.95. The van der Waals surface area contributed by atoms with Crippen LogP contribution in [0.15, 0.2) is 45.7 Å². The van der Waals surface area contributed by atoms with E-state index in [0.717, 1.165) is 23.1 Å². The number of phenolic OH excluding ortho intramolecular Hbond substituents is 1. The summed E-state index contributed by atoms with van der Waals surface area (Å²) in [6.07, 6.45) is 2.74. The van der Waals surface area contributed by atoms with E-state index in [1.54, 1.807) is 24.4 Å². The van der Waals surface area contributed by atoms with Gasteiger partial charge in [0.25, 0.3) is 5.91 Å². The Kier molecular flexibility index (Phi) is 5.91. The van der Waals surface area contributed by atoms with E-state index in [1.165, 1.54) is 19.1 Å². The second kappa shape index (κ2) is 9.07. The van der Waals surface area contributed by atoms with E-state index >= 15 is 0 Å². The minimum atomic E-state index is -1.44. The summed E-state index contributed by atoms with van der Waals surface area (Å²) in [6.45, 7) is 3.36. The number of aromatic amines is 1. The van der Waals surface area contributed by atoms with Crippen LogP contribution in [-0.4, -0.2) is 34.1 Å². The second-order valence-corrected chi connectivity index (χ2v) is 9.22. The molecule has 0 radical (unpaired) electrons. The Morgan fingerprint density at radius 3 is 2.78 bits per heavy atom. The number of carbonyl (C=O) groups is 2. The molecule has 0 bridgehead atoms. The maximum atomic E-state index is 13.0. The van der Waals surface area contributed by atoms with Crippen molar-refractivity contribution in [2.24, 2.45) is 0 Å². The van der Waals surface area contributed by atoms with Crippen molar-refractivity contribution in [3.8, 4) is 11.5 Å². The molecule has 2 heterocycles. The van der Waals surface area contributed by atoms with Gasteiger partial charge >= 0.3 is 5.63 Å². The molecule has 2 atom stereocenters. The number of hydrogen-bond donors (Lipinski definition) is 3. The third-order valence-electron chi connectivity index (χ3n) is 6.63. The average molecular weight is 490 g/mol. The van der Waals surface area contributed by atoms with Gasteiger partial charge in [0.1, 0.15) is 17.1 Å². The number of aryl methyl sites for hydroxylation is 2. The number of aliphatic carboxylic acids is 1. The summed E-state index contributed by atoms with van der Waals surface area (Å²) in [5.41, 5.74) is 3.70. The number of amides is 1. The fourth-order valence-electron chi connectivity index (χ4n) is 4.88. The van der Waals surface area contributed by atoms with Crippen molar-refractivity contribution >= 4 is 33.7 Å². The maximum absolute atomic E-state index is 13.0. The largest absolute Gasteiger partial charge is 0.548 e. The number of phenols is 1. The highest BCUT2D eigenvalue weighted by Gasteiger charge is 2.26. The van der Waals surface area contributed by atoms with Gasteiger partial charge in [-0.1, -0.05) is 0 Å². The molecule has 1 amide bonds. The van der Waals surface area contributed by atoms with Crippen molar-refractivity contribution in [3.63, 3.8) is 0 Å². The summed E-state index contributed by atoms with van der Waals surface area (Å²) in [5, 5.41) is 25.5. The first-order chi connectivity index (χ1) is 17.2. The van der Waals surface area contributed by atoms with Gasteiger partial charge in [-0.15, -0.1) is 0 Å². The molecule has 0 aliphatic heterocycles. The first-order valence-corrected chi connectivity index (χ1v) is 11.8. The molecule has 9 nitrogen and oxygen atoms in total. The van der Waals surface area contributed by atoms with Crippen molar-refractivity contribution in [2.75, 3.05) is 0 Å². The van der Waals surface area contributed by atoms with E-state index in [2.05, 4.69) is 10.3 Å². The molecule has 1 aliphatic rings. The Labute approximate surface area is 205 Å². The fraction of sp³-hybridized carbons (Fsp3) is 0.296. The Bertz CT molecular complexity index is 1570. The Morgan fingerprint density at radius 1 is 1.22 bits per heavy atom. The van der Waals surface area contributed by atoms with Crippen LogP contribution in [0.2, 0.25) is 0 Å². The first-order valence-electron chi connectivity index (χ1n) is 11.8. The van der Waals surface area contributed by atoms with Gasteiger partial charge in [0.05, 0.1) is 17.4 Å².